The zero-order chi connectivity index (χ0) is 13.9. The van der Waals surface area contributed by atoms with Gasteiger partial charge in [0, 0.05) is 38.6 Å². The van der Waals surface area contributed by atoms with Crippen LogP contribution in [0.5, 0.6) is 0 Å². The molecule has 0 aromatic rings. The van der Waals surface area contributed by atoms with Crippen molar-refractivity contribution in [1.82, 2.24) is 9.21 Å². The van der Waals surface area contributed by atoms with E-state index in [9.17, 15) is 8.42 Å². The Morgan fingerprint density at radius 3 is 2.58 bits per heavy atom. The third-order valence-corrected chi connectivity index (χ3v) is 5.34. The van der Waals surface area contributed by atoms with Gasteiger partial charge in [0.2, 0.25) is 10.0 Å². The van der Waals surface area contributed by atoms with Gasteiger partial charge in [-0.15, -0.1) is 0 Å². The molecule has 2 N–H and O–H groups in total. The van der Waals surface area contributed by atoms with E-state index < -0.39 is 10.0 Å². The standard InChI is InChI=1S/C11H22N4O3S/c1-2-19(16,17)15-8-10(9-15)7-13-11(12)14-3-5-18-6-4-14/h10H,2-9H2,1H3,(H2,12,13). The fourth-order valence-electron chi connectivity index (χ4n) is 2.16. The number of morpholine rings is 1. The van der Waals surface area contributed by atoms with Crippen LogP contribution in [0.15, 0.2) is 4.99 Å². The van der Waals surface area contributed by atoms with Gasteiger partial charge in [0.25, 0.3) is 0 Å². The molecular weight excluding hydrogens is 268 g/mol. The number of hydrogen-bond donors (Lipinski definition) is 1. The lowest BCUT2D eigenvalue weighted by Gasteiger charge is -2.37. The van der Waals surface area contributed by atoms with Gasteiger partial charge < -0.3 is 15.4 Å². The van der Waals surface area contributed by atoms with E-state index in [4.69, 9.17) is 10.5 Å². The Kier molecular flexibility index (Phi) is 4.64. The lowest BCUT2D eigenvalue weighted by molar-refractivity contribution is 0.0673. The van der Waals surface area contributed by atoms with Crippen molar-refractivity contribution >= 4 is 16.0 Å². The number of guanidine groups is 1. The average molecular weight is 290 g/mol. The minimum atomic E-state index is -3.03. The van der Waals surface area contributed by atoms with Crippen LogP contribution in [-0.2, 0) is 14.8 Å². The van der Waals surface area contributed by atoms with E-state index in [1.807, 2.05) is 4.90 Å². The number of nitrogens with zero attached hydrogens (tertiary/aromatic N) is 3. The van der Waals surface area contributed by atoms with Gasteiger partial charge in [-0.25, -0.2) is 12.7 Å². The molecule has 19 heavy (non-hydrogen) atoms. The van der Waals surface area contributed by atoms with Gasteiger partial charge in [0.05, 0.1) is 19.0 Å². The molecule has 2 rings (SSSR count). The third-order valence-electron chi connectivity index (χ3n) is 3.53. The van der Waals surface area contributed by atoms with E-state index in [0.29, 0.717) is 44.7 Å². The van der Waals surface area contributed by atoms with E-state index in [0.717, 1.165) is 13.1 Å². The van der Waals surface area contributed by atoms with Crippen LogP contribution in [0.4, 0.5) is 0 Å². The third kappa shape index (κ3) is 3.58. The van der Waals surface area contributed by atoms with Crippen molar-refractivity contribution in [2.45, 2.75) is 6.92 Å². The number of rotatable bonds is 4. The fraction of sp³-hybridized carbons (Fsp3) is 0.909. The first-order valence-corrected chi connectivity index (χ1v) is 8.24. The smallest absolute Gasteiger partial charge is 0.213 e. The first-order chi connectivity index (χ1) is 9.03. The SMILES string of the molecule is CCS(=O)(=O)N1CC(CN=C(N)N2CCOCC2)C1. The van der Waals surface area contributed by atoms with Crippen molar-refractivity contribution in [3.63, 3.8) is 0 Å². The molecule has 0 aromatic heterocycles. The number of ether oxygens (including phenoxy) is 1. The predicted octanol–water partition coefficient (Wildman–Crippen LogP) is -1.09. The molecule has 0 spiro atoms. The average Bonchev–Trinajstić information content (AvgIpc) is 2.37. The maximum atomic E-state index is 11.6. The molecule has 0 aromatic carbocycles. The first kappa shape index (κ1) is 14.5. The summed E-state index contributed by atoms with van der Waals surface area (Å²) >= 11 is 0. The molecule has 0 amide bonds. The maximum Gasteiger partial charge on any atom is 0.213 e. The minimum Gasteiger partial charge on any atom is -0.378 e. The molecule has 2 heterocycles. The number of sulfonamides is 1. The van der Waals surface area contributed by atoms with E-state index in [-0.39, 0.29) is 5.75 Å². The van der Waals surface area contributed by atoms with Gasteiger partial charge in [-0.1, -0.05) is 0 Å². The Morgan fingerprint density at radius 1 is 1.37 bits per heavy atom. The van der Waals surface area contributed by atoms with Crippen LogP contribution in [0.2, 0.25) is 0 Å². The van der Waals surface area contributed by atoms with E-state index in [2.05, 4.69) is 4.99 Å². The molecule has 2 fully saturated rings. The van der Waals surface area contributed by atoms with Crippen molar-refractivity contribution < 1.29 is 13.2 Å². The van der Waals surface area contributed by atoms with Crippen molar-refractivity contribution in [1.29, 1.82) is 0 Å². The van der Waals surface area contributed by atoms with E-state index >= 15 is 0 Å². The first-order valence-electron chi connectivity index (χ1n) is 6.63. The number of nitrogens with two attached hydrogens (primary N) is 1. The monoisotopic (exact) mass is 290 g/mol. The highest BCUT2D eigenvalue weighted by molar-refractivity contribution is 7.89. The van der Waals surface area contributed by atoms with Gasteiger partial charge in [-0.2, -0.15) is 0 Å². The topological polar surface area (TPSA) is 88.2 Å². The highest BCUT2D eigenvalue weighted by Crippen LogP contribution is 2.20. The van der Waals surface area contributed by atoms with Gasteiger partial charge >= 0.3 is 0 Å². The molecular formula is C11H22N4O3S. The van der Waals surface area contributed by atoms with Crippen LogP contribution in [-0.4, -0.2) is 75.3 Å². The Morgan fingerprint density at radius 2 is 2.00 bits per heavy atom. The van der Waals surface area contributed by atoms with Crippen LogP contribution in [0.3, 0.4) is 0 Å². The second-order valence-electron chi connectivity index (χ2n) is 4.88. The quantitative estimate of drug-likeness (QED) is 0.525. The summed E-state index contributed by atoms with van der Waals surface area (Å²) in [4.78, 5) is 6.36. The van der Waals surface area contributed by atoms with E-state index in [1.54, 1.807) is 6.92 Å². The second kappa shape index (κ2) is 6.06. The molecule has 8 heteroatoms. The molecule has 0 saturated carbocycles. The fourth-order valence-corrected chi connectivity index (χ4v) is 3.40. The van der Waals surface area contributed by atoms with Crippen molar-refractivity contribution in [2.24, 2.45) is 16.6 Å². The molecule has 7 nitrogen and oxygen atoms in total. The summed E-state index contributed by atoms with van der Waals surface area (Å²) in [5.74, 6) is 1.000. The summed E-state index contributed by atoms with van der Waals surface area (Å²) in [6.45, 7) is 6.30. The summed E-state index contributed by atoms with van der Waals surface area (Å²) in [6.07, 6.45) is 0. The number of aliphatic imine (C=N–C) groups is 1. The molecule has 2 aliphatic heterocycles. The summed E-state index contributed by atoms with van der Waals surface area (Å²) in [7, 11) is -3.03. The van der Waals surface area contributed by atoms with Gasteiger partial charge in [-0.05, 0) is 6.92 Å². The highest BCUT2D eigenvalue weighted by atomic mass is 32.2. The molecule has 0 bridgehead atoms. The molecule has 2 aliphatic rings. The molecule has 2 saturated heterocycles. The molecule has 0 aliphatic carbocycles. The van der Waals surface area contributed by atoms with Gasteiger partial charge in [-0.3, -0.25) is 4.99 Å². The summed E-state index contributed by atoms with van der Waals surface area (Å²) < 4.78 is 29.9. The van der Waals surface area contributed by atoms with Crippen molar-refractivity contribution in [3.05, 3.63) is 0 Å². The Balaban J connectivity index is 1.75. The normalized spacial score (nSPS) is 23.4. The Labute approximate surface area is 114 Å². The minimum absolute atomic E-state index is 0.166. The molecule has 0 atom stereocenters. The summed E-state index contributed by atoms with van der Waals surface area (Å²) in [5.41, 5.74) is 5.91. The zero-order valence-electron chi connectivity index (χ0n) is 11.3. The second-order valence-corrected chi connectivity index (χ2v) is 7.14. The van der Waals surface area contributed by atoms with Crippen molar-refractivity contribution in [2.75, 3.05) is 51.7 Å². The largest absolute Gasteiger partial charge is 0.378 e. The molecule has 110 valence electrons. The lowest BCUT2D eigenvalue weighted by Crippen LogP contribution is -2.52. The van der Waals surface area contributed by atoms with Crippen LogP contribution >= 0.6 is 0 Å². The highest BCUT2D eigenvalue weighted by Gasteiger charge is 2.34. The zero-order valence-corrected chi connectivity index (χ0v) is 12.1. The summed E-state index contributed by atoms with van der Waals surface area (Å²) in [5, 5.41) is 0. The van der Waals surface area contributed by atoms with Gasteiger partial charge in [0.15, 0.2) is 5.96 Å². The van der Waals surface area contributed by atoms with Crippen LogP contribution in [0.1, 0.15) is 6.92 Å². The van der Waals surface area contributed by atoms with Crippen LogP contribution in [0.25, 0.3) is 0 Å². The molecule has 0 radical (unpaired) electrons. The van der Waals surface area contributed by atoms with Crippen LogP contribution < -0.4 is 5.73 Å². The Hall–Kier alpha value is -0.860. The predicted molar refractivity (Wildman–Crippen MR) is 73.4 cm³/mol. The lowest BCUT2D eigenvalue weighted by atomic mass is 10.0. The number of hydrogen-bond acceptors (Lipinski definition) is 4. The van der Waals surface area contributed by atoms with Crippen molar-refractivity contribution in [3.8, 4) is 0 Å². The van der Waals surface area contributed by atoms with Crippen LogP contribution in [0, 0.1) is 5.92 Å². The Bertz CT molecular complexity index is 425. The summed E-state index contributed by atoms with van der Waals surface area (Å²) in [6, 6.07) is 0. The molecule has 0 unspecified atom stereocenters. The maximum absolute atomic E-state index is 11.6. The van der Waals surface area contributed by atoms with Gasteiger partial charge in [0.1, 0.15) is 0 Å². The van der Waals surface area contributed by atoms with E-state index in [1.165, 1.54) is 4.31 Å².